The fourth-order valence-electron chi connectivity index (χ4n) is 2.73. The van der Waals surface area contributed by atoms with Crippen LogP contribution in [-0.2, 0) is 10.0 Å². The molecule has 1 fully saturated rings. The first-order valence-corrected chi connectivity index (χ1v) is 8.52. The van der Waals surface area contributed by atoms with Gasteiger partial charge in [0, 0.05) is 19.1 Å². The zero-order chi connectivity index (χ0) is 16.0. The normalized spacial score (nSPS) is 23.2. The number of aryl methyl sites for hydroxylation is 2. The van der Waals surface area contributed by atoms with Gasteiger partial charge in [0.1, 0.15) is 5.82 Å². The Morgan fingerprint density at radius 3 is 2.29 bits per heavy atom. The van der Waals surface area contributed by atoms with Crippen LogP contribution in [0.25, 0.3) is 0 Å². The van der Waals surface area contributed by atoms with Crippen LogP contribution in [-0.4, -0.2) is 31.9 Å². The summed E-state index contributed by atoms with van der Waals surface area (Å²) in [5, 5.41) is 0. The number of piperidine rings is 1. The molecular formula is C15H23FN2O2S. The SMILES string of the molecule is Cc1cc(S(=O)(=O)N2CCC(N)C(C)(C)C2)cc(C)c1F. The number of hydrogen-bond donors (Lipinski definition) is 1. The molecule has 0 amide bonds. The van der Waals surface area contributed by atoms with Crippen LogP contribution < -0.4 is 5.73 Å². The van der Waals surface area contributed by atoms with Gasteiger partial charge >= 0.3 is 0 Å². The molecule has 1 atom stereocenters. The first kappa shape index (κ1) is 16.4. The van der Waals surface area contributed by atoms with E-state index >= 15 is 0 Å². The van der Waals surface area contributed by atoms with Crippen LogP contribution in [0.3, 0.4) is 0 Å². The maximum absolute atomic E-state index is 13.7. The van der Waals surface area contributed by atoms with Crippen molar-refractivity contribution < 1.29 is 12.8 Å². The molecule has 1 saturated heterocycles. The number of nitrogens with two attached hydrogens (primary N) is 1. The van der Waals surface area contributed by atoms with Gasteiger partial charge in [-0.3, -0.25) is 0 Å². The lowest BCUT2D eigenvalue weighted by atomic mass is 9.81. The summed E-state index contributed by atoms with van der Waals surface area (Å²) in [5.41, 5.74) is 6.48. The molecule has 2 rings (SSSR count). The zero-order valence-electron chi connectivity index (χ0n) is 13.0. The lowest BCUT2D eigenvalue weighted by Gasteiger charge is -2.41. The second kappa shape index (κ2) is 5.34. The largest absolute Gasteiger partial charge is 0.327 e. The standard InChI is InChI=1S/C15H23FN2O2S/c1-10-7-12(8-11(2)14(10)16)21(19,20)18-6-5-13(17)15(3,4)9-18/h7-8,13H,5-6,9,17H2,1-4H3. The molecule has 21 heavy (non-hydrogen) atoms. The molecule has 0 aliphatic carbocycles. The van der Waals surface area contributed by atoms with E-state index in [1.54, 1.807) is 13.8 Å². The van der Waals surface area contributed by atoms with Gasteiger partial charge in [0.2, 0.25) is 10.0 Å². The van der Waals surface area contributed by atoms with E-state index in [1.165, 1.54) is 16.4 Å². The highest BCUT2D eigenvalue weighted by Gasteiger charge is 2.38. The van der Waals surface area contributed by atoms with Crippen molar-refractivity contribution in [1.82, 2.24) is 4.31 Å². The molecule has 2 N–H and O–H groups in total. The fourth-order valence-corrected chi connectivity index (χ4v) is 4.53. The predicted octanol–water partition coefficient (Wildman–Crippen LogP) is 2.19. The van der Waals surface area contributed by atoms with E-state index in [2.05, 4.69) is 0 Å². The average molecular weight is 314 g/mol. The number of rotatable bonds is 2. The van der Waals surface area contributed by atoms with Gasteiger partial charge in [-0.1, -0.05) is 13.8 Å². The van der Waals surface area contributed by atoms with Gasteiger partial charge in [-0.05, 0) is 48.9 Å². The van der Waals surface area contributed by atoms with Crippen LogP contribution in [0.2, 0.25) is 0 Å². The van der Waals surface area contributed by atoms with Crippen LogP contribution in [0.1, 0.15) is 31.4 Å². The smallest absolute Gasteiger partial charge is 0.243 e. The van der Waals surface area contributed by atoms with E-state index in [0.29, 0.717) is 30.6 Å². The van der Waals surface area contributed by atoms with Crippen molar-refractivity contribution in [2.45, 2.75) is 45.1 Å². The predicted molar refractivity (Wildman–Crippen MR) is 81.0 cm³/mol. The molecule has 0 saturated carbocycles. The topological polar surface area (TPSA) is 63.4 Å². The molecule has 0 spiro atoms. The molecule has 1 aliphatic heterocycles. The molecule has 1 heterocycles. The lowest BCUT2D eigenvalue weighted by molar-refractivity contribution is 0.155. The first-order valence-electron chi connectivity index (χ1n) is 7.08. The van der Waals surface area contributed by atoms with Gasteiger partial charge in [-0.15, -0.1) is 0 Å². The third kappa shape index (κ3) is 2.98. The van der Waals surface area contributed by atoms with E-state index in [4.69, 9.17) is 5.73 Å². The molecule has 4 nitrogen and oxygen atoms in total. The summed E-state index contributed by atoms with van der Waals surface area (Å²) in [6.07, 6.45) is 0.630. The monoisotopic (exact) mass is 314 g/mol. The highest BCUT2D eigenvalue weighted by Crippen LogP contribution is 2.32. The summed E-state index contributed by atoms with van der Waals surface area (Å²) in [4.78, 5) is 0.158. The van der Waals surface area contributed by atoms with Crippen molar-refractivity contribution in [3.05, 3.63) is 29.1 Å². The van der Waals surface area contributed by atoms with Crippen LogP contribution in [0.4, 0.5) is 4.39 Å². The zero-order valence-corrected chi connectivity index (χ0v) is 13.8. The summed E-state index contributed by atoms with van der Waals surface area (Å²) < 4.78 is 40.7. The minimum Gasteiger partial charge on any atom is -0.327 e. The Hall–Kier alpha value is -0.980. The van der Waals surface area contributed by atoms with Crippen molar-refractivity contribution >= 4 is 10.0 Å². The number of hydrogen-bond acceptors (Lipinski definition) is 3. The number of halogens is 1. The van der Waals surface area contributed by atoms with Crippen LogP contribution in [0.5, 0.6) is 0 Å². The van der Waals surface area contributed by atoms with Crippen molar-refractivity contribution in [2.75, 3.05) is 13.1 Å². The third-order valence-electron chi connectivity index (χ3n) is 4.32. The van der Waals surface area contributed by atoms with Gasteiger partial charge < -0.3 is 5.73 Å². The van der Waals surface area contributed by atoms with E-state index in [0.717, 1.165) is 0 Å². The van der Waals surface area contributed by atoms with E-state index < -0.39 is 10.0 Å². The summed E-state index contributed by atoms with van der Waals surface area (Å²) in [5.74, 6) is -0.352. The quantitative estimate of drug-likeness (QED) is 0.910. The van der Waals surface area contributed by atoms with Gasteiger partial charge in [0.15, 0.2) is 0 Å². The molecule has 0 radical (unpaired) electrons. The lowest BCUT2D eigenvalue weighted by Crippen LogP contribution is -2.53. The number of benzene rings is 1. The fraction of sp³-hybridized carbons (Fsp3) is 0.600. The highest BCUT2D eigenvalue weighted by atomic mass is 32.2. The van der Waals surface area contributed by atoms with Gasteiger partial charge in [0.25, 0.3) is 0 Å². The molecule has 0 bridgehead atoms. The minimum absolute atomic E-state index is 0.0133. The van der Waals surface area contributed by atoms with Gasteiger partial charge in [-0.2, -0.15) is 4.31 Å². The number of sulfonamides is 1. The Morgan fingerprint density at radius 2 is 1.81 bits per heavy atom. The van der Waals surface area contributed by atoms with Crippen molar-refractivity contribution in [3.8, 4) is 0 Å². The number of nitrogens with zero attached hydrogens (tertiary/aromatic N) is 1. The Labute approximate surface area is 126 Å². The molecular weight excluding hydrogens is 291 g/mol. The maximum Gasteiger partial charge on any atom is 0.243 e. The molecule has 1 aromatic rings. The van der Waals surface area contributed by atoms with E-state index in [-0.39, 0.29) is 22.2 Å². The summed E-state index contributed by atoms with van der Waals surface area (Å²) >= 11 is 0. The third-order valence-corrected chi connectivity index (χ3v) is 6.15. The van der Waals surface area contributed by atoms with Crippen molar-refractivity contribution in [2.24, 2.45) is 11.1 Å². The van der Waals surface area contributed by atoms with E-state index in [1.807, 2.05) is 13.8 Å². The van der Waals surface area contributed by atoms with Crippen molar-refractivity contribution in [1.29, 1.82) is 0 Å². The molecule has 1 aromatic carbocycles. The van der Waals surface area contributed by atoms with E-state index in [9.17, 15) is 12.8 Å². The Bertz CT molecular complexity index is 633. The second-order valence-corrected chi connectivity index (χ2v) is 8.53. The minimum atomic E-state index is -3.61. The summed E-state index contributed by atoms with van der Waals surface area (Å²) in [6.45, 7) is 7.89. The van der Waals surface area contributed by atoms with Gasteiger partial charge in [0.05, 0.1) is 4.90 Å². The van der Waals surface area contributed by atoms with Crippen LogP contribution >= 0.6 is 0 Å². The molecule has 0 aromatic heterocycles. The Balaban J connectivity index is 2.39. The molecule has 1 aliphatic rings. The molecule has 118 valence electrons. The molecule has 1 unspecified atom stereocenters. The summed E-state index contributed by atoms with van der Waals surface area (Å²) in [6, 6.07) is 2.79. The summed E-state index contributed by atoms with van der Waals surface area (Å²) in [7, 11) is -3.61. The van der Waals surface area contributed by atoms with Crippen LogP contribution in [0, 0.1) is 25.1 Å². The second-order valence-electron chi connectivity index (χ2n) is 6.59. The first-order chi connectivity index (χ1) is 9.55. The van der Waals surface area contributed by atoms with Gasteiger partial charge in [-0.25, -0.2) is 12.8 Å². The Morgan fingerprint density at radius 1 is 1.29 bits per heavy atom. The highest BCUT2D eigenvalue weighted by molar-refractivity contribution is 7.89. The maximum atomic E-state index is 13.7. The van der Waals surface area contributed by atoms with Crippen molar-refractivity contribution in [3.63, 3.8) is 0 Å². The molecule has 6 heteroatoms. The average Bonchev–Trinajstić information content (AvgIpc) is 2.38. The van der Waals surface area contributed by atoms with Crippen LogP contribution in [0.15, 0.2) is 17.0 Å². The Kier molecular flexibility index (Phi) is 4.17.